The first-order chi connectivity index (χ1) is 12.2. The maximum atomic E-state index is 9.64. The van der Waals surface area contributed by atoms with Crippen LogP contribution in [0.4, 0.5) is 0 Å². The molecule has 0 unspecified atom stereocenters. The summed E-state index contributed by atoms with van der Waals surface area (Å²) in [6.45, 7) is 4.01. The quantitative estimate of drug-likeness (QED) is 0.499. The number of hydrogen-bond acceptors (Lipinski definition) is 6. The molecule has 0 bridgehead atoms. The fourth-order valence-electron chi connectivity index (χ4n) is 2.59. The summed E-state index contributed by atoms with van der Waals surface area (Å²) in [7, 11) is 0. The monoisotopic (exact) mass is 363 g/mol. The lowest BCUT2D eigenvalue weighted by Gasteiger charge is -1.97. The number of thiazole rings is 2. The predicted octanol–water partition coefficient (Wildman–Crippen LogP) is 4.60. The Bertz CT molecular complexity index is 1130. The van der Waals surface area contributed by atoms with Crippen LogP contribution < -0.4 is 0 Å². The van der Waals surface area contributed by atoms with Crippen molar-refractivity contribution < 1.29 is 0 Å². The molecular weight excluding hydrogens is 350 g/mol. The van der Waals surface area contributed by atoms with Crippen LogP contribution in [-0.4, -0.2) is 19.4 Å². The molecule has 7 heteroatoms. The van der Waals surface area contributed by atoms with E-state index < -0.39 is 0 Å². The predicted molar refractivity (Wildman–Crippen MR) is 101 cm³/mol. The van der Waals surface area contributed by atoms with Gasteiger partial charge in [0.05, 0.1) is 22.7 Å². The van der Waals surface area contributed by atoms with Gasteiger partial charge in [0.1, 0.15) is 11.1 Å². The van der Waals surface area contributed by atoms with Gasteiger partial charge < -0.3 is 0 Å². The first-order valence-electron chi connectivity index (χ1n) is 7.59. The zero-order valence-electron chi connectivity index (χ0n) is 13.6. The van der Waals surface area contributed by atoms with E-state index in [9.17, 15) is 5.26 Å². The number of nitriles is 1. The lowest BCUT2D eigenvalue weighted by atomic mass is 10.2. The van der Waals surface area contributed by atoms with Gasteiger partial charge in [-0.25, -0.2) is 9.97 Å². The van der Waals surface area contributed by atoms with Crippen molar-refractivity contribution in [1.29, 1.82) is 5.26 Å². The Labute approximate surface area is 152 Å². The normalized spacial score (nSPS) is 11.8. The van der Waals surface area contributed by atoms with E-state index >= 15 is 0 Å². The van der Waals surface area contributed by atoms with Gasteiger partial charge in [-0.1, -0.05) is 0 Å². The maximum absolute atomic E-state index is 9.64. The van der Waals surface area contributed by atoms with Gasteiger partial charge in [-0.15, -0.1) is 22.7 Å². The molecule has 0 fully saturated rings. The fourth-order valence-corrected chi connectivity index (χ4v) is 4.26. The largest absolute Gasteiger partial charge is 0.290 e. The number of imidazole rings is 1. The summed E-state index contributed by atoms with van der Waals surface area (Å²) in [6.07, 6.45) is 7.39. The van der Waals surface area contributed by atoms with E-state index in [1.807, 2.05) is 41.1 Å². The van der Waals surface area contributed by atoms with Gasteiger partial charge in [-0.05, 0) is 32.1 Å². The first kappa shape index (κ1) is 15.7. The molecular formula is C18H13N5S2. The molecule has 0 radical (unpaired) electrons. The number of aryl methyl sites for hydroxylation is 2. The fraction of sp³-hybridized carbons (Fsp3) is 0.111. The van der Waals surface area contributed by atoms with Gasteiger partial charge in [-0.3, -0.25) is 9.38 Å². The molecule has 0 aliphatic carbocycles. The number of hydrogen-bond donors (Lipinski definition) is 0. The minimum atomic E-state index is 0.541. The number of nitrogens with zero attached hydrogens (tertiary/aromatic N) is 5. The molecule has 0 N–H and O–H groups in total. The van der Waals surface area contributed by atoms with Crippen LogP contribution in [0.1, 0.15) is 21.3 Å². The van der Waals surface area contributed by atoms with Crippen molar-refractivity contribution in [3.05, 3.63) is 57.4 Å². The summed E-state index contributed by atoms with van der Waals surface area (Å²) in [5, 5.41) is 12.3. The van der Waals surface area contributed by atoms with E-state index in [4.69, 9.17) is 0 Å². The van der Waals surface area contributed by atoms with Gasteiger partial charge in [0.15, 0.2) is 4.96 Å². The summed E-state index contributed by atoms with van der Waals surface area (Å²) in [4.78, 5) is 15.3. The molecule has 0 aromatic carbocycles. The molecule has 4 heterocycles. The SMILES string of the molecule is Cc1cn2c(C=C(C#N)c3nc(-c4ccncc4)cs3)c(C)nc2s1. The van der Waals surface area contributed by atoms with E-state index in [0.717, 1.165) is 27.6 Å². The van der Waals surface area contributed by atoms with Gasteiger partial charge in [0, 0.05) is 34.4 Å². The van der Waals surface area contributed by atoms with E-state index in [1.54, 1.807) is 23.7 Å². The summed E-state index contributed by atoms with van der Waals surface area (Å²) in [5.41, 5.74) is 4.22. The lowest BCUT2D eigenvalue weighted by molar-refractivity contribution is 1.18. The van der Waals surface area contributed by atoms with Gasteiger partial charge in [-0.2, -0.15) is 5.26 Å². The number of aromatic nitrogens is 4. The molecule has 4 rings (SSSR count). The Morgan fingerprint density at radius 1 is 1.24 bits per heavy atom. The highest BCUT2D eigenvalue weighted by Gasteiger charge is 2.13. The summed E-state index contributed by atoms with van der Waals surface area (Å²) in [5.74, 6) is 0. The Hall–Kier alpha value is -2.82. The first-order valence-corrected chi connectivity index (χ1v) is 9.28. The zero-order valence-corrected chi connectivity index (χ0v) is 15.2. The summed E-state index contributed by atoms with van der Waals surface area (Å²) >= 11 is 3.11. The molecule has 0 saturated carbocycles. The van der Waals surface area contributed by atoms with Crippen LogP contribution in [0.3, 0.4) is 0 Å². The van der Waals surface area contributed by atoms with Crippen LogP contribution in [0.25, 0.3) is 27.9 Å². The van der Waals surface area contributed by atoms with Crippen molar-refractivity contribution >= 4 is 39.3 Å². The van der Waals surface area contributed by atoms with Gasteiger partial charge in [0.2, 0.25) is 0 Å². The highest BCUT2D eigenvalue weighted by atomic mass is 32.1. The molecule has 0 amide bonds. The van der Waals surface area contributed by atoms with E-state index in [0.29, 0.717) is 10.6 Å². The van der Waals surface area contributed by atoms with Crippen molar-refractivity contribution in [2.24, 2.45) is 0 Å². The molecule has 122 valence electrons. The molecule has 5 nitrogen and oxygen atoms in total. The molecule has 0 atom stereocenters. The zero-order chi connectivity index (χ0) is 17.4. The van der Waals surface area contributed by atoms with Crippen molar-refractivity contribution in [3.63, 3.8) is 0 Å². The Morgan fingerprint density at radius 3 is 2.80 bits per heavy atom. The van der Waals surface area contributed by atoms with Crippen molar-refractivity contribution in [2.75, 3.05) is 0 Å². The van der Waals surface area contributed by atoms with Gasteiger partial charge >= 0.3 is 0 Å². The lowest BCUT2D eigenvalue weighted by Crippen LogP contribution is -1.88. The molecule has 0 saturated heterocycles. The molecule has 0 spiro atoms. The second-order valence-electron chi connectivity index (χ2n) is 5.52. The van der Waals surface area contributed by atoms with E-state index in [2.05, 4.69) is 27.9 Å². The molecule has 0 aliphatic rings. The van der Waals surface area contributed by atoms with Crippen LogP contribution in [0.5, 0.6) is 0 Å². The summed E-state index contributed by atoms with van der Waals surface area (Å²) < 4.78 is 2.03. The van der Waals surface area contributed by atoms with Crippen molar-refractivity contribution in [1.82, 2.24) is 19.4 Å². The third-order valence-corrected chi connectivity index (χ3v) is 5.55. The molecule has 0 aliphatic heterocycles. The average molecular weight is 363 g/mol. The molecule has 4 aromatic heterocycles. The van der Waals surface area contributed by atoms with Crippen molar-refractivity contribution in [2.45, 2.75) is 13.8 Å². The number of pyridine rings is 1. The second kappa shape index (κ2) is 6.24. The molecule has 4 aromatic rings. The second-order valence-corrected chi connectivity index (χ2v) is 7.59. The average Bonchev–Trinajstić information content (AvgIpc) is 3.29. The minimum absolute atomic E-state index is 0.541. The van der Waals surface area contributed by atoms with Crippen LogP contribution in [0, 0.1) is 25.2 Å². The van der Waals surface area contributed by atoms with Crippen LogP contribution >= 0.6 is 22.7 Å². The van der Waals surface area contributed by atoms with Crippen LogP contribution in [0.2, 0.25) is 0 Å². The third-order valence-electron chi connectivity index (χ3n) is 3.78. The summed E-state index contributed by atoms with van der Waals surface area (Å²) in [6, 6.07) is 6.10. The smallest absolute Gasteiger partial charge is 0.194 e. The minimum Gasteiger partial charge on any atom is -0.290 e. The number of rotatable bonds is 3. The third kappa shape index (κ3) is 2.86. The molecule has 25 heavy (non-hydrogen) atoms. The Balaban J connectivity index is 1.78. The van der Waals surface area contributed by atoms with E-state index in [-0.39, 0.29) is 0 Å². The van der Waals surface area contributed by atoms with Crippen LogP contribution in [0.15, 0.2) is 36.1 Å². The van der Waals surface area contributed by atoms with Gasteiger partial charge in [0.25, 0.3) is 0 Å². The maximum Gasteiger partial charge on any atom is 0.194 e. The van der Waals surface area contributed by atoms with Crippen LogP contribution in [-0.2, 0) is 0 Å². The number of fused-ring (bicyclic) bond motifs is 1. The Morgan fingerprint density at radius 2 is 2.04 bits per heavy atom. The standard InChI is InChI=1S/C18H13N5S2/c1-11-9-23-16(12(2)21-18(23)25-11)7-14(8-19)17-22-15(10-24-17)13-3-5-20-6-4-13/h3-7,9-10H,1-2H3. The highest BCUT2D eigenvalue weighted by Crippen LogP contribution is 2.28. The van der Waals surface area contributed by atoms with Crippen molar-refractivity contribution in [3.8, 4) is 17.3 Å². The topological polar surface area (TPSA) is 66.9 Å². The Kier molecular flexibility index (Phi) is 3.92. The number of allylic oxidation sites excluding steroid dienone is 1. The highest BCUT2D eigenvalue weighted by molar-refractivity contribution is 7.17. The van der Waals surface area contributed by atoms with E-state index in [1.165, 1.54) is 16.2 Å².